The predicted octanol–water partition coefficient (Wildman–Crippen LogP) is 4.33. The Hall–Kier alpha value is -3.00. The highest BCUT2D eigenvalue weighted by molar-refractivity contribution is 6.30. The van der Waals surface area contributed by atoms with Crippen molar-refractivity contribution in [1.82, 2.24) is 14.7 Å². The van der Waals surface area contributed by atoms with Gasteiger partial charge in [0, 0.05) is 22.7 Å². The standard InChI is InChI=1S/C25H23ClFN3O3/c26-18-5-9-20(10-6-18)30-24-17(12-16-3-7-19(27)8-4-16)14-33-15-22(24)23(28-30)25(32)29-11-1-2-21(29)13-31/h3-10,12,21,31H,1-2,11,13-15H2/b17-12+/t21-/m1/s1. The molecule has 6 nitrogen and oxygen atoms in total. The lowest BCUT2D eigenvalue weighted by atomic mass is 10.0. The minimum atomic E-state index is -0.305. The summed E-state index contributed by atoms with van der Waals surface area (Å²) < 4.78 is 21.0. The zero-order valence-corrected chi connectivity index (χ0v) is 18.6. The van der Waals surface area contributed by atoms with Crippen LogP contribution >= 0.6 is 11.6 Å². The number of carbonyl (C=O) groups excluding carboxylic acids is 1. The van der Waals surface area contributed by atoms with Crippen molar-refractivity contribution >= 4 is 29.2 Å². The Morgan fingerprint density at radius 3 is 2.67 bits per heavy atom. The third kappa shape index (κ3) is 4.19. The summed E-state index contributed by atoms with van der Waals surface area (Å²) in [4.78, 5) is 15.2. The van der Waals surface area contributed by atoms with E-state index in [1.807, 2.05) is 18.2 Å². The Bertz CT molecular complexity index is 1200. The molecule has 5 rings (SSSR count). The minimum Gasteiger partial charge on any atom is -0.394 e. The highest BCUT2D eigenvalue weighted by Gasteiger charge is 2.35. The van der Waals surface area contributed by atoms with Gasteiger partial charge in [-0.1, -0.05) is 23.7 Å². The van der Waals surface area contributed by atoms with Crippen LogP contribution in [0.1, 0.15) is 40.2 Å². The Labute approximate surface area is 195 Å². The van der Waals surface area contributed by atoms with Gasteiger partial charge in [0.1, 0.15) is 5.82 Å². The lowest BCUT2D eigenvalue weighted by Crippen LogP contribution is -2.38. The van der Waals surface area contributed by atoms with E-state index in [1.54, 1.807) is 33.8 Å². The molecule has 1 fully saturated rings. The van der Waals surface area contributed by atoms with Crippen molar-refractivity contribution in [2.45, 2.75) is 25.5 Å². The molecule has 0 spiro atoms. The normalized spacial score (nSPS) is 19.2. The predicted molar refractivity (Wildman–Crippen MR) is 124 cm³/mol. The van der Waals surface area contributed by atoms with E-state index < -0.39 is 0 Å². The summed E-state index contributed by atoms with van der Waals surface area (Å²) >= 11 is 6.09. The summed E-state index contributed by atoms with van der Waals surface area (Å²) in [6.07, 6.45) is 3.55. The molecule has 0 saturated carbocycles. The monoisotopic (exact) mass is 467 g/mol. The van der Waals surface area contributed by atoms with E-state index in [4.69, 9.17) is 21.4 Å². The van der Waals surface area contributed by atoms with Crippen LogP contribution in [0.2, 0.25) is 5.02 Å². The smallest absolute Gasteiger partial charge is 0.275 e. The van der Waals surface area contributed by atoms with Gasteiger partial charge in [-0.2, -0.15) is 5.10 Å². The molecule has 0 aliphatic carbocycles. The average molecular weight is 468 g/mol. The number of likely N-dealkylation sites (tertiary alicyclic amines) is 1. The number of benzene rings is 2. The Kier molecular flexibility index (Phi) is 6.01. The van der Waals surface area contributed by atoms with Crippen molar-refractivity contribution in [3.63, 3.8) is 0 Å². The molecule has 3 aromatic rings. The molecular formula is C25H23ClFN3O3. The molecule has 0 radical (unpaired) electrons. The van der Waals surface area contributed by atoms with Gasteiger partial charge in [-0.05, 0) is 60.9 Å². The van der Waals surface area contributed by atoms with E-state index in [2.05, 4.69) is 0 Å². The van der Waals surface area contributed by atoms with Gasteiger partial charge in [-0.25, -0.2) is 9.07 Å². The molecule has 3 heterocycles. The van der Waals surface area contributed by atoms with Gasteiger partial charge >= 0.3 is 0 Å². The van der Waals surface area contributed by atoms with Crippen LogP contribution in [0.25, 0.3) is 17.3 Å². The van der Waals surface area contributed by atoms with Crippen LogP contribution in [-0.2, 0) is 11.3 Å². The summed E-state index contributed by atoms with van der Waals surface area (Å²) in [7, 11) is 0. The molecule has 33 heavy (non-hydrogen) atoms. The Morgan fingerprint density at radius 2 is 1.94 bits per heavy atom. The zero-order chi connectivity index (χ0) is 22.9. The SMILES string of the molecule is O=C(c1nn(-c2ccc(Cl)cc2)c2c1COC/C2=C\c1ccc(F)cc1)N1CCC[C@@H]1CO. The third-order valence-electron chi connectivity index (χ3n) is 6.13. The number of nitrogens with zero attached hydrogens (tertiary/aromatic N) is 3. The maximum atomic E-state index is 13.5. The lowest BCUT2D eigenvalue weighted by Gasteiger charge is -2.23. The van der Waals surface area contributed by atoms with Crippen molar-refractivity contribution in [2.75, 3.05) is 19.8 Å². The number of amides is 1. The van der Waals surface area contributed by atoms with Crippen LogP contribution in [0.5, 0.6) is 0 Å². The number of carbonyl (C=O) groups is 1. The molecule has 1 saturated heterocycles. The number of hydrogen-bond acceptors (Lipinski definition) is 4. The van der Waals surface area contributed by atoms with Crippen molar-refractivity contribution < 1.29 is 19.0 Å². The summed E-state index contributed by atoms with van der Waals surface area (Å²) in [5.41, 5.74) is 4.24. The summed E-state index contributed by atoms with van der Waals surface area (Å²) in [5.74, 6) is -0.511. The van der Waals surface area contributed by atoms with Crippen LogP contribution in [0.4, 0.5) is 4.39 Å². The van der Waals surface area contributed by atoms with Crippen LogP contribution in [0.3, 0.4) is 0 Å². The van der Waals surface area contributed by atoms with Crippen LogP contribution < -0.4 is 0 Å². The molecular weight excluding hydrogens is 445 g/mol. The van der Waals surface area contributed by atoms with E-state index in [9.17, 15) is 14.3 Å². The molecule has 0 bridgehead atoms. The van der Waals surface area contributed by atoms with Crippen molar-refractivity contribution in [3.05, 3.63) is 81.9 Å². The second-order valence-corrected chi connectivity index (χ2v) is 8.69. The largest absolute Gasteiger partial charge is 0.394 e. The molecule has 2 aromatic carbocycles. The summed E-state index contributed by atoms with van der Waals surface area (Å²) in [5, 5.41) is 15.0. The van der Waals surface area contributed by atoms with E-state index in [0.717, 1.165) is 35.4 Å². The van der Waals surface area contributed by atoms with Gasteiger partial charge in [0.05, 0.1) is 37.2 Å². The van der Waals surface area contributed by atoms with Crippen LogP contribution in [0.15, 0.2) is 48.5 Å². The third-order valence-corrected chi connectivity index (χ3v) is 6.38. The van der Waals surface area contributed by atoms with Gasteiger partial charge < -0.3 is 14.7 Å². The van der Waals surface area contributed by atoms with Crippen molar-refractivity contribution in [1.29, 1.82) is 0 Å². The lowest BCUT2D eigenvalue weighted by molar-refractivity contribution is 0.0665. The van der Waals surface area contributed by atoms with E-state index in [1.165, 1.54) is 12.1 Å². The molecule has 170 valence electrons. The highest BCUT2D eigenvalue weighted by atomic mass is 35.5. The first kappa shape index (κ1) is 21.8. The maximum absolute atomic E-state index is 13.5. The van der Waals surface area contributed by atoms with Crippen LogP contribution in [-0.4, -0.2) is 51.5 Å². The fourth-order valence-electron chi connectivity index (χ4n) is 4.49. The summed E-state index contributed by atoms with van der Waals surface area (Å²) in [6, 6.07) is 13.3. The molecule has 8 heteroatoms. The number of aromatic nitrogens is 2. The Morgan fingerprint density at radius 1 is 1.18 bits per heavy atom. The second kappa shape index (κ2) is 9.09. The average Bonchev–Trinajstić information content (AvgIpc) is 3.46. The fourth-order valence-corrected chi connectivity index (χ4v) is 4.61. The van der Waals surface area contributed by atoms with Gasteiger partial charge in [0.25, 0.3) is 5.91 Å². The second-order valence-electron chi connectivity index (χ2n) is 8.26. The van der Waals surface area contributed by atoms with Crippen molar-refractivity contribution in [2.24, 2.45) is 0 Å². The van der Waals surface area contributed by atoms with Crippen LogP contribution in [0, 0.1) is 5.82 Å². The number of rotatable bonds is 4. The van der Waals surface area contributed by atoms with E-state index in [-0.39, 0.29) is 31.0 Å². The summed E-state index contributed by atoms with van der Waals surface area (Å²) in [6.45, 7) is 1.10. The fraction of sp³-hybridized carbons (Fsp3) is 0.280. The Balaban J connectivity index is 1.65. The van der Waals surface area contributed by atoms with E-state index >= 15 is 0 Å². The van der Waals surface area contributed by atoms with Gasteiger partial charge in [-0.15, -0.1) is 0 Å². The molecule has 2 aliphatic heterocycles. The molecule has 1 amide bonds. The van der Waals surface area contributed by atoms with Crippen molar-refractivity contribution in [3.8, 4) is 5.69 Å². The number of hydrogen-bond donors (Lipinski definition) is 1. The number of halogens is 2. The molecule has 1 aromatic heterocycles. The first-order valence-electron chi connectivity index (χ1n) is 10.9. The first-order chi connectivity index (χ1) is 16.0. The quantitative estimate of drug-likeness (QED) is 0.620. The number of fused-ring (bicyclic) bond motifs is 1. The molecule has 1 atom stereocenters. The van der Waals surface area contributed by atoms with Gasteiger partial charge in [-0.3, -0.25) is 4.79 Å². The van der Waals surface area contributed by atoms with Gasteiger partial charge in [0.15, 0.2) is 5.69 Å². The number of aliphatic hydroxyl groups excluding tert-OH is 1. The molecule has 0 unspecified atom stereocenters. The molecule has 2 aliphatic rings. The van der Waals surface area contributed by atoms with E-state index in [0.29, 0.717) is 29.4 Å². The minimum absolute atomic E-state index is 0.0714. The number of aliphatic hydroxyl groups is 1. The zero-order valence-electron chi connectivity index (χ0n) is 17.9. The molecule has 1 N–H and O–H groups in total. The topological polar surface area (TPSA) is 67.6 Å². The number of ether oxygens (including phenoxy) is 1. The first-order valence-corrected chi connectivity index (χ1v) is 11.3. The highest BCUT2D eigenvalue weighted by Crippen LogP contribution is 2.34. The maximum Gasteiger partial charge on any atom is 0.275 e. The van der Waals surface area contributed by atoms with Gasteiger partial charge in [0.2, 0.25) is 0 Å².